The first-order chi connectivity index (χ1) is 8.28. The molecule has 0 bridgehead atoms. The molecule has 1 N–H and O–H groups in total. The third-order valence-electron chi connectivity index (χ3n) is 4.32. The monoisotopic (exact) mass is 241 g/mol. The zero-order chi connectivity index (χ0) is 12.1. The van der Waals surface area contributed by atoms with Crippen LogP contribution in [0.3, 0.4) is 0 Å². The topological polar surface area (TPSA) is 30.5 Å². The molecule has 1 aliphatic carbocycles. The molecule has 0 aromatic rings. The van der Waals surface area contributed by atoms with Gasteiger partial charge in [0, 0.05) is 6.54 Å². The molecular weight excluding hydrogens is 214 g/mol. The molecule has 17 heavy (non-hydrogen) atoms. The van der Waals surface area contributed by atoms with E-state index in [2.05, 4.69) is 19.2 Å². The third-order valence-corrected chi connectivity index (χ3v) is 4.32. The summed E-state index contributed by atoms with van der Waals surface area (Å²) in [6.07, 6.45) is 6.77. The first-order valence-electron chi connectivity index (χ1n) is 7.24. The van der Waals surface area contributed by atoms with Crippen LogP contribution < -0.4 is 5.32 Å². The lowest BCUT2D eigenvalue weighted by Crippen LogP contribution is -2.52. The zero-order valence-corrected chi connectivity index (χ0v) is 11.3. The van der Waals surface area contributed by atoms with Crippen molar-refractivity contribution in [2.24, 2.45) is 5.92 Å². The summed E-state index contributed by atoms with van der Waals surface area (Å²) in [6.45, 7) is 8.11. The quantitative estimate of drug-likeness (QED) is 0.774. The molecule has 0 aromatic carbocycles. The van der Waals surface area contributed by atoms with Gasteiger partial charge in [-0.1, -0.05) is 20.3 Å². The number of rotatable bonds is 6. The minimum Gasteiger partial charge on any atom is -0.376 e. The van der Waals surface area contributed by atoms with E-state index in [1.54, 1.807) is 0 Å². The van der Waals surface area contributed by atoms with E-state index in [0.717, 1.165) is 32.2 Å². The van der Waals surface area contributed by atoms with Crippen LogP contribution in [0.1, 0.15) is 46.0 Å². The molecule has 0 atom stereocenters. The van der Waals surface area contributed by atoms with E-state index in [0.29, 0.717) is 6.10 Å². The molecule has 0 spiro atoms. The summed E-state index contributed by atoms with van der Waals surface area (Å²) < 4.78 is 11.5. The molecule has 0 aromatic heterocycles. The number of hydrogen-bond acceptors (Lipinski definition) is 3. The van der Waals surface area contributed by atoms with E-state index in [1.165, 1.54) is 32.1 Å². The van der Waals surface area contributed by atoms with Crippen LogP contribution in [0.15, 0.2) is 0 Å². The van der Waals surface area contributed by atoms with Crippen LogP contribution in [0.2, 0.25) is 0 Å². The van der Waals surface area contributed by atoms with Crippen LogP contribution in [-0.2, 0) is 9.47 Å². The summed E-state index contributed by atoms with van der Waals surface area (Å²) >= 11 is 0. The maximum atomic E-state index is 6.32. The standard InChI is InChI=1S/C14H27NO2/c1-3-12-5-7-14(8-6-12,11-15-4-2)17-13-9-16-10-13/h12-13,15H,3-11H2,1-2H3. The minimum atomic E-state index is 0.0934. The minimum absolute atomic E-state index is 0.0934. The van der Waals surface area contributed by atoms with E-state index in [4.69, 9.17) is 9.47 Å². The lowest BCUT2D eigenvalue weighted by molar-refractivity contribution is -0.202. The Morgan fingerprint density at radius 3 is 2.41 bits per heavy atom. The lowest BCUT2D eigenvalue weighted by atomic mass is 9.77. The Balaban J connectivity index is 1.87. The molecule has 1 heterocycles. The summed E-state index contributed by atoms with van der Waals surface area (Å²) in [5.74, 6) is 0.922. The highest BCUT2D eigenvalue weighted by Gasteiger charge is 2.39. The molecule has 0 unspecified atom stereocenters. The third kappa shape index (κ3) is 3.43. The summed E-state index contributed by atoms with van der Waals surface area (Å²) in [5, 5.41) is 3.48. The Morgan fingerprint density at radius 2 is 1.94 bits per heavy atom. The van der Waals surface area contributed by atoms with Gasteiger partial charge < -0.3 is 14.8 Å². The molecule has 1 saturated heterocycles. The summed E-state index contributed by atoms with van der Waals surface area (Å²) in [4.78, 5) is 0. The Morgan fingerprint density at radius 1 is 1.24 bits per heavy atom. The average molecular weight is 241 g/mol. The largest absolute Gasteiger partial charge is 0.376 e. The molecule has 2 rings (SSSR count). The van der Waals surface area contributed by atoms with Crippen molar-refractivity contribution in [2.45, 2.75) is 57.7 Å². The average Bonchev–Trinajstić information content (AvgIpc) is 2.33. The van der Waals surface area contributed by atoms with Crippen molar-refractivity contribution in [2.75, 3.05) is 26.3 Å². The highest BCUT2D eigenvalue weighted by molar-refractivity contribution is 4.90. The molecule has 1 saturated carbocycles. The smallest absolute Gasteiger partial charge is 0.105 e. The highest BCUT2D eigenvalue weighted by Crippen LogP contribution is 2.37. The number of ether oxygens (including phenoxy) is 2. The zero-order valence-electron chi connectivity index (χ0n) is 11.3. The SMILES string of the molecule is CCNCC1(OC2COC2)CCC(CC)CC1. The number of likely N-dealkylation sites (N-methyl/N-ethyl adjacent to an activating group) is 1. The first-order valence-corrected chi connectivity index (χ1v) is 7.24. The van der Waals surface area contributed by atoms with Crippen LogP contribution in [0.5, 0.6) is 0 Å². The van der Waals surface area contributed by atoms with E-state index in [-0.39, 0.29) is 5.60 Å². The van der Waals surface area contributed by atoms with Crippen molar-refractivity contribution in [1.29, 1.82) is 0 Å². The van der Waals surface area contributed by atoms with Crippen LogP contribution in [0.25, 0.3) is 0 Å². The van der Waals surface area contributed by atoms with Gasteiger partial charge in [-0.25, -0.2) is 0 Å². The van der Waals surface area contributed by atoms with Gasteiger partial charge in [0.1, 0.15) is 6.10 Å². The fraction of sp³-hybridized carbons (Fsp3) is 1.00. The first kappa shape index (κ1) is 13.3. The fourth-order valence-electron chi connectivity index (χ4n) is 2.94. The Bertz CT molecular complexity index is 220. The lowest BCUT2D eigenvalue weighted by Gasteiger charge is -2.44. The van der Waals surface area contributed by atoms with Crippen molar-refractivity contribution >= 4 is 0 Å². The van der Waals surface area contributed by atoms with Crippen LogP contribution >= 0.6 is 0 Å². The summed E-state index contributed by atoms with van der Waals surface area (Å²) in [7, 11) is 0. The Kier molecular flexibility index (Phi) is 4.83. The van der Waals surface area contributed by atoms with Crippen molar-refractivity contribution in [3.63, 3.8) is 0 Å². The predicted octanol–water partition coefficient (Wildman–Crippen LogP) is 2.35. The highest BCUT2D eigenvalue weighted by atomic mass is 16.6. The molecule has 3 heteroatoms. The predicted molar refractivity (Wildman–Crippen MR) is 69.2 cm³/mol. The molecule has 1 aliphatic heterocycles. The van der Waals surface area contributed by atoms with Gasteiger partial charge in [-0.05, 0) is 38.1 Å². The van der Waals surface area contributed by atoms with E-state index in [1.807, 2.05) is 0 Å². The Labute approximate surface area is 105 Å². The van der Waals surface area contributed by atoms with Gasteiger partial charge in [0.2, 0.25) is 0 Å². The van der Waals surface area contributed by atoms with Crippen molar-refractivity contribution in [1.82, 2.24) is 5.32 Å². The van der Waals surface area contributed by atoms with E-state index in [9.17, 15) is 0 Å². The van der Waals surface area contributed by atoms with Gasteiger partial charge in [0.15, 0.2) is 0 Å². The molecule has 2 aliphatic rings. The normalized spacial score (nSPS) is 34.6. The number of nitrogens with one attached hydrogen (secondary N) is 1. The second-order valence-corrected chi connectivity index (χ2v) is 5.59. The van der Waals surface area contributed by atoms with Gasteiger partial charge in [-0.3, -0.25) is 0 Å². The maximum absolute atomic E-state index is 6.32. The molecular formula is C14H27NO2. The maximum Gasteiger partial charge on any atom is 0.105 e. The second-order valence-electron chi connectivity index (χ2n) is 5.59. The summed E-state index contributed by atoms with van der Waals surface area (Å²) in [5.41, 5.74) is 0.0934. The van der Waals surface area contributed by atoms with Crippen LogP contribution in [-0.4, -0.2) is 38.0 Å². The van der Waals surface area contributed by atoms with Gasteiger partial charge in [0.05, 0.1) is 18.8 Å². The van der Waals surface area contributed by atoms with Crippen molar-refractivity contribution < 1.29 is 9.47 Å². The molecule has 100 valence electrons. The molecule has 0 amide bonds. The van der Waals surface area contributed by atoms with Crippen molar-refractivity contribution in [3.8, 4) is 0 Å². The van der Waals surface area contributed by atoms with Gasteiger partial charge >= 0.3 is 0 Å². The van der Waals surface area contributed by atoms with Crippen LogP contribution in [0.4, 0.5) is 0 Å². The fourth-order valence-corrected chi connectivity index (χ4v) is 2.94. The van der Waals surface area contributed by atoms with E-state index < -0.39 is 0 Å². The van der Waals surface area contributed by atoms with Crippen LogP contribution in [0, 0.1) is 5.92 Å². The molecule has 3 nitrogen and oxygen atoms in total. The Hall–Kier alpha value is -0.120. The molecule has 0 radical (unpaired) electrons. The van der Waals surface area contributed by atoms with E-state index >= 15 is 0 Å². The summed E-state index contributed by atoms with van der Waals surface area (Å²) in [6, 6.07) is 0. The van der Waals surface area contributed by atoms with Gasteiger partial charge in [0.25, 0.3) is 0 Å². The second kappa shape index (κ2) is 6.17. The molecule has 2 fully saturated rings. The van der Waals surface area contributed by atoms with Gasteiger partial charge in [-0.2, -0.15) is 0 Å². The number of hydrogen-bond donors (Lipinski definition) is 1. The van der Waals surface area contributed by atoms with Crippen molar-refractivity contribution in [3.05, 3.63) is 0 Å². The van der Waals surface area contributed by atoms with Gasteiger partial charge in [-0.15, -0.1) is 0 Å².